The van der Waals surface area contributed by atoms with Crippen molar-refractivity contribution in [2.24, 2.45) is 0 Å². The molecule has 9 nitrogen and oxygen atoms in total. The Hall–Kier alpha value is -3.27. The standard InChI is InChI=1S/C18H18N4O5S/c1-3-14-21-22-15(23)8-12(20-18(22)28-14)10-27-16(24)9-19-17(25)11-5-4-6-13(7-11)26-2/h4-8H,3,9-10H2,1-2H3,(H,19,25). The lowest BCUT2D eigenvalue weighted by atomic mass is 10.2. The average molecular weight is 402 g/mol. The molecule has 0 atom stereocenters. The fourth-order valence-electron chi connectivity index (χ4n) is 2.34. The van der Waals surface area contributed by atoms with Crippen LogP contribution in [-0.2, 0) is 22.6 Å². The van der Waals surface area contributed by atoms with Gasteiger partial charge in [-0.3, -0.25) is 14.4 Å². The molecule has 2 heterocycles. The normalized spacial score (nSPS) is 10.6. The number of aryl methyl sites for hydroxylation is 1. The first-order valence-corrected chi connectivity index (χ1v) is 9.28. The van der Waals surface area contributed by atoms with Crippen molar-refractivity contribution in [3.8, 4) is 5.75 Å². The van der Waals surface area contributed by atoms with Gasteiger partial charge in [0.15, 0.2) is 0 Å². The summed E-state index contributed by atoms with van der Waals surface area (Å²) in [4.78, 5) is 40.8. The lowest BCUT2D eigenvalue weighted by Gasteiger charge is -2.07. The molecule has 0 aliphatic rings. The summed E-state index contributed by atoms with van der Waals surface area (Å²) in [5.74, 6) is -0.528. The zero-order valence-electron chi connectivity index (χ0n) is 15.3. The fourth-order valence-corrected chi connectivity index (χ4v) is 3.19. The molecule has 0 unspecified atom stereocenters. The van der Waals surface area contributed by atoms with E-state index in [1.165, 1.54) is 29.0 Å². The van der Waals surface area contributed by atoms with E-state index in [1.807, 2.05) is 6.92 Å². The van der Waals surface area contributed by atoms with Gasteiger partial charge in [0.05, 0.1) is 12.8 Å². The molecular weight excluding hydrogens is 384 g/mol. The van der Waals surface area contributed by atoms with E-state index >= 15 is 0 Å². The number of methoxy groups -OCH3 is 1. The summed E-state index contributed by atoms with van der Waals surface area (Å²) in [6, 6.07) is 7.83. The minimum Gasteiger partial charge on any atom is -0.497 e. The molecule has 0 spiro atoms. The van der Waals surface area contributed by atoms with Crippen LogP contribution in [0.3, 0.4) is 0 Å². The molecule has 3 rings (SSSR count). The number of hydrogen-bond donors (Lipinski definition) is 1. The van der Waals surface area contributed by atoms with E-state index in [2.05, 4.69) is 15.4 Å². The summed E-state index contributed by atoms with van der Waals surface area (Å²) < 4.78 is 11.4. The van der Waals surface area contributed by atoms with Gasteiger partial charge in [0.25, 0.3) is 11.5 Å². The van der Waals surface area contributed by atoms with Crippen molar-refractivity contribution < 1.29 is 19.1 Å². The van der Waals surface area contributed by atoms with Gasteiger partial charge in [-0.25, -0.2) is 4.98 Å². The van der Waals surface area contributed by atoms with Crippen LogP contribution in [0, 0.1) is 0 Å². The lowest BCUT2D eigenvalue weighted by Crippen LogP contribution is -2.30. The summed E-state index contributed by atoms with van der Waals surface area (Å²) in [6.45, 7) is 1.46. The number of nitrogens with one attached hydrogen (secondary N) is 1. The summed E-state index contributed by atoms with van der Waals surface area (Å²) in [6.07, 6.45) is 0.699. The SMILES string of the molecule is CCc1nn2c(=O)cc(COC(=O)CNC(=O)c3cccc(OC)c3)nc2s1. The molecule has 1 amide bonds. The second kappa shape index (κ2) is 8.61. The van der Waals surface area contributed by atoms with Gasteiger partial charge in [-0.2, -0.15) is 9.61 Å². The molecule has 28 heavy (non-hydrogen) atoms. The van der Waals surface area contributed by atoms with Crippen molar-refractivity contribution in [3.05, 3.63) is 57.0 Å². The van der Waals surface area contributed by atoms with Gasteiger partial charge in [-0.1, -0.05) is 24.3 Å². The number of fused-ring (bicyclic) bond motifs is 1. The maximum atomic E-state index is 12.1. The van der Waals surface area contributed by atoms with Crippen LogP contribution in [0.15, 0.2) is 35.1 Å². The number of ether oxygens (including phenoxy) is 2. The smallest absolute Gasteiger partial charge is 0.325 e. The number of carbonyl (C=O) groups is 2. The van der Waals surface area contributed by atoms with Gasteiger partial charge in [0, 0.05) is 11.6 Å². The molecule has 10 heteroatoms. The Labute approximate surface area is 163 Å². The number of benzene rings is 1. The number of hydrogen-bond acceptors (Lipinski definition) is 8. The second-order valence-electron chi connectivity index (χ2n) is 5.70. The quantitative estimate of drug-likeness (QED) is 0.591. The molecule has 0 saturated carbocycles. The van der Waals surface area contributed by atoms with Crippen molar-refractivity contribution in [1.29, 1.82) is 0 Å². The Kier molecular flexibility index (Phi) is 5.99. The molecule has 1 aromatic carbocycles. The molecule has 0 bridgehead atoms. The van der Waals surface area contributed by atoms with Crippen LogP contribution in [0.4, 0.5) is 0 Å². The third-order valence-corrected chi connectivity index (χ3v) is 4.80. The van der Waals surface area contributed by atoms with Crippen molar-refractivity contribution in [1.82, 2.24) is 19.9 Å². The van der Waals surface area contributed by atoms with E-state index in [0.29, 0.717) is 28.4 Å². The van der Waals surface area contributed by atoms with Gasteiger partial charge >= 0.3 is 5.97 Å². The molecule has 1 N–H and O–H groups in total. The summed E-state index contributed by atoms with van der Waals surface area (Å²) in [5.41, 5.74) is 0.353. The molecule has 2 aromatic heterocycles. The van der Waals surface area contributed by atoms with Crippen molar-refractivity contribution in [2.45, 2.75) is 20.0 Å². The maximum Gasteiger partial charge on any atom is 0.325 e. The third kappa shape index (κ3) is 4.52. The van der Waals surface area contributed by atoms with Crippen LogP contribution < -0.4 is 15.6 Å². The number of carbonyl (C=O) groups excluding carboxylic acids is 2. The maximum absolute atomic E-state index is 12.1. The fraction of sp³-hybridized carbons (Fsp3) is 0.278. The minimum absolute atomic E-state index is 0.168. The van der Waals surface area contributed by atoms with E-state index in [4.69, 9.17) is 9.47 Å². The zero-order chi connectivity index (χ0) is 20.1. The van der Waals surface area contributed by atoms with Gasteiger partial charge in [-0.05, 0) is 24.6 Å². The Balaban J connectivity index is 1.56. The van der Waals surface area contributed by atoms with E-state index in [1.54, 1.807) is 24.3 Å². The molecule has 0 radical (unpaired) electrons. The Bertz CT molecular complexity index is 1080. The molecule has 146 valence electrons. The molecule has 0 aliphatic carbocycles. The van der Waals surface area contributed by atoms with Gasteiger partial charge in [0.2, 0.25) is 4.96 Å². The number of esters is 1. The highest BCUT2D eigenvalue weighted by Crippen LogP contribution is 2.13. The van der Waals surface area contributed by atoms with Crippen molar-refractivity contribution in [3.63, 3.8) is 0 Å². The van der Waals surface area contributed by atoms with Gasteiger partial charge < -0.3 is 14.8 Å². The minimum atomic E-state index is -0.642. The number of aromatic nitrogens is 3. The average Bonchev–Trinajstić information content (AvgIpc) is 3.14. The van der Waals surface area contributed by atoms with Crippen LogP contribution in [-0.4, -0.2) is 40.1 Å². The third-order valence-electron chi connectivity index (χ3n) is 3.75. The Morgan fingerprint density at radius 2 is 2.11 bits per heavy atom. The van der Waals surface area contributed by atoms with Crippen LogP contribution in [0.25, 0.3) is 4.96 Å². The van der Waals surface area contributed by atoms with Crippen molar-refractivity contribution in [2.75, 3.05) is 13.7 Å². The summed E-state index contributed by atoms with van der Waals surface area (Å²) >= 11 is 1.31. The molecule has 3 aromatic rings. The molecule has 0 aliphatic heterocycles. The highest BCUT2D eigenvalue weighted by atomic mass is 32.1. The van der Waals surface area contributed by atoms with Crippen LogP contribution in [0.1, 0.15) is 28.0 Å². The summed E-state index contributed by atoms with van der Waals surface area (Å²) in [5, 5.41) is 7.42. The van der Waals surface area contributed by atoms with Crippen LogP contribution in [0.5, 0.6) is 5.75 Å². The Morgan fingerprint density at radius 3 is 2.86 bits per heavy atom. The van der Waals surface area contributed by atoms with E-state index in [-0.39, 0.29) is 18.7 Å². The highest BCUT2D eigenvalue weighted by Gasteiger charge is 2.12. The highest BCUT2D eigenvalue weighted by molar-refractivity contribution is 7.16. The second-order valence-corrected chi connectivity index (χ2v) is 6.75. The topological polar surface area (TPSA) is 112 Å². The van der Waals surface area contributed by atoms with Crippen LogP contribution >= 0.6 is 11.3 Å². The van der Waals surface area contributed by atoms with Crippen molar-refractivity contribution >= 4 is 28.2 Å². The van der Waals surface area contributed by atoms with E-state index in [0.717, 1.165) is 5.01 Å². The van der Waals surface area contributed by atoms with E-state index in [9.17, 15) is 14.4 Å². The number of rotatable bonds is 7. The first kappa shape index (κ1) is 19.5. The molecule has 0 saturated heterocycles. The predicted octanol–water partition coefficient (Wildman–Crippen LogP) is 1.20. The zero-order valence-corrected chi connectivity index (χ0v) is 16.1. The first-order chi connectivity index (χ1) is 13.5. The Morgan fingerprint density at radius 1 is 1.29 bits per heavy atom. The lowest BCUT2D eigenvalue weighted by molar-refractivity contribution is -0.143. The van der Waals surface area contributed by atoms with Crippen LogP contribution in [0.2, 0.25) is 0 Å². The van der Waals surface area contributed by atoms with Gasteiger partial charge in [-0.15, -0.1) is 0 Å². The monoisotopic (exact) mass is 402 g/mol. The largest absolute Gasteiger partial charge is 0.497 e. The van der Waals surface area contributed by atoms with E-state index < -0.39 is 11.9 Å². The van der Waals surface area contributed by atoms with Gasteiger partial charge in [0.1, 0.15) is 23.9 Å². The molecular formula is C18H18N4O5S. The first-order valence-electron chi connectivity index (χ1n) is 8.46. The number of nitrogens with zero attached hydrogens (tertiary/aromatic N) is 3. The summed E-state index contributed by atoms with van der Waals surface area (Å²) in [7, 11) is 1.50. The molecule has 0 fully saturated rings. The number of amides is 1. The predicted molar refractivity (Wildman–Crippen MR) is 102 cm³/mol.